The molecule has 0 atom stereocenters. The molecule has 0 aliphatic heterocycles. The van der Waals surface area contributed by atoms with Crippen LogP contribution in [0.4, 0.5) is 0 Å². The Morgan fingerprint density at radius 1 is 0.488 bits per heavy atom. The molecular formula is C33H21O9Sr-. The van der Waals surface area contributed by atoms with Crippen molar-refractivity contribution in [2.75, 3.05) is 0 Å². The van der Waals surface area contributed by atoms with Gasteiger partial charge in [0.05, 0.1) is 11.5 Å². The van der Waals surface area contributed by atoms with Gasteiger partial charge in [0.2, 0.25) is 0 Å². The first-order chi connectivity index (χ1) is 20.0. The number of phenols is 1. The first kappa shape index (κ1) is 32.9. The van der Waals surface area contributed by atoms with Crippen LogP contribution in [0.3, 0.4) is 0 Å². The van der Waals surface area contributed by atoms with Crippen LogP contribution in [0.2, 0.25) is 0 Å². The van der Waals surface area contributed by atoms with Gasteiger partial charge in [0.25, 0.3) is 0 Å². The monoisotopic (exact) mass is 649 g/mol. The van der Waals surface area contributed by atoms with E-state index in [0.717, 1.165) is 32.3 Å². The van der Waals surface area contributed by atoms with E-state index >= 15 is 0 Å². The molecule has 210 valence electrons. The van der Waals surface area contributed by atoms with Crippen molar-refractivity contribution in [1.29, 1.82) is 0 Å². The van der Waals surface area contributed by atoms with Gasteiger partial charge in [-0.2, -0.15) is 0 Å². The molecule has 10 heteroatoms. The fourth-order valence-corrected chi connectivity index (χ4v) is 4.17. The van der Waals surface area contributed by atoms with E-state index in [1.54, 1.807) is 48.5 Å². The number of carboxylic acid groups (broad SMARTS) is 3. The standard InChI is InChI=1S/3C11H8O3.Sr/c3*12-10-6-8-4-2-1-3-7(8)5-9(10)11(13)14;/h3*1-6,12H,(H,13,14);/q;;;+2/p-3. The molecule has 0 spiro atoms. The Bertz CT molecular complexity index is 1740. The van der Waals surface area contributed by atoms with Crippen LogP contribution in [-0.2, 0) is 0 Å². The summed E-state index contributed by atoms with van der Waals surface area (Å²) < 4.78 is 0. The Hall–Kier alpha value is -4.61. The molecule has 3 N–H and O–H groups in total. The van der Waals surface area contributed by atoms with Crippen molar-refractivity contribution < 1.29 is 45.0 Å². The largest absolute Gasteiger partial charge is 2.00 e. The predicted octanol–water partition coefficient (Wildman–Crippen LogP) is 3.75. The third-order valence-electron chi connectivity index (χ3n) is 6.24. The average molecular weight is 649 g/mol. The fourth-order valence-electron chi connectivity index (χ4n) is 4.17. The Kier molecular flexibility index (Phi) is 11.1. The van der Waals surface area contributed by atoms with Crippen molar-refractivity contribution in [3.8, 4) is 17.2 Å². The molecule has 0 fully saturated rings. The second-order valence-electron chi connectivity index (χ2n) is 9.01. The van der Waals surface area contributed by atoms with Crippen LogP contribution >= 0.6 is 0 Å². The quantitative estimate of drug-likeness (QED) is 0.241. The van der Waals surface area contributed by atoms with Crippen molar-refractivity contribution in [3.05, 3.63) is 126 Å². The van der Waals surface area contributed by atoms with Crippen LogP contribution < -0.4 is 15.3 Å². The topological polar surface area (TPSA) is 181 Å². The van der Waals surface area contributed by atoms with Crippen LogP contribution in [0.15, 0.2) is 109 Å². The van der Waals surface area contributed by atoms with Gasteiger partial charge >= 0.3 is 57.4 Å². The number of hydrogen-bond donors (Lipinski definition) is 3. The van der Waals surface area contributed by atoms with Gasteiger partial charge in [-0.3, -0.25) is 0 Å². The summed E-state index contributed by atoms with van der Waals surface area (Å²) in [5, 5.41) is 64.6. The van der Waals surface area contributed by atoms with Crippen molar-refractivity contribution in [2.24, 2.45) is 0 Å². The van der Waals surface area contributed by atoms with E-state index in [2.05, 4.69) is 0 Å². The van der Waals surface area contributed by atoms with Gasteiger partial charge < -0.3 is 35.4 Å². The van der Waals surface area contributed by atoms with Gasteiger partial charge in [0.15, 0.2) is 0 Å². The normalized spacial score (nSPS) is 10.0. The van der Waals surface area contributed by atoms with Crippen LogP contribution in [0, 0.1) is 0 Å². The van der Waals surface area contributed by atoms with Crippen LogP contribution in [0.1, 0.15) is 31.1 Å². The fraction of sp³-hybridized carbons (Fsp3) is 0. The Morgan fingerprint density at radius 3 is 1.16 bits per heavy atom. The predicted molar refractivity (Wildman–Crippen MR) is 156 cm³/mol. The second kappa shape index (κ2) is 14.5. The molecule has 0 amide bonds. The van der Waals surface area contributed by atoms with Gasteiger partial charge in [-0.15, -0.1) is 0 Å². The molecule has 6 aromatic carbocycles. The summed E-state index contributed by atoms with van der Waals surface area (Å²) >= 11 is 0. The summed E-state index contributed by atoms with van der Waals surface area (Å²) in [5.74, 6) is -4.88. The van der Waals surface area contributed by atoms with Gasteiger partial charge in [0, 0.05) is 0 Å². The van der Waals surface area contributed by atoms with Gasteiger partial charge in [-0.05, 0) is 62.1 Å². The summed E-state index contributed by atoms with van der Waals surface area (Å²) in [5.41, 5.74) is -0.531. The molecule has 0 bridgehead atoms. The molecule has 0 aromatic heterocycles. The number of fused-ring (bicyclic) bond motifs is 3. The minimum atomic E-state index is -1.43. The Labute approximate surface area is 281 Å². The molecular weight excluding hydrogens is 628 g/mol. The number of carbonyl (C=O) groups is 3. The summed E-state index contributed by atoms with van der Waals surface area (Å²) in [4.78, 5) is 31.9. The number of aromatic carboxylic acids is 3. The zero-order valence-corrected chi connectivity index (χ0v) is 25.9. The van der Waals surface area contributed by atoms with Gasteiger partial charge in [0.1, 0.15) is 11.3 Å². The number of benzene rings is 6. The number of rotatable bonds is 3. The number of carboxylic acids is 3. The maximum Gasteiger partial charge on any atom is 2.00 e. The Balaban J connectivity index is 0.000000175. The molecule has 0 saturated heterocycles. The minimum absolute atomic E-state index is 0. The number of hydrogen-bond acceptors (Lipinski definition) is 7. The van der Waals surface area contributed by atoms with Crippen molar-refractivity contribution in [2.45, 2.75) is 0 Å². The molecule has 0 aliphatic rings. The number of aromatic hydroxyl groups is 1. The van der Waals surface area contributed by atoms with Gasteiger partial charge in [-0.1, -0.05) is 96.4 Å². The average Bonchev–Trinajstić information content (AvgIpc) is 2.96. The van der Waals surface area contributed by atoms with Crippen LogP contribution in [0.5, 0.6) is 17.2 Å². The van der Waals surface area contributed by atoms with Crippen molar-refractivity contribution in [3.63, 3.8) is 0 Å². The molecule has 0 saturated carbocycles. The summed E-state index contributed by atoms with van der Waals surface area (Å²) in [7, 11) is 0. The van der Waals surface area contributed by atoms with E-state index in [9.17, 15) is 34.8 Å². The second-order valence-corrected chi connectivity index (χ2v) is 9.01. The summed E-state index contributed by atoms with van der Waals surface area (Å²) in [6.45, 7) is 0. The molecule has 6 rings (SSSR count). The zero-order chi connectivity index (χ0) is 30.4. The van der Waals surface area contributed by atoms with E-state index in [-0.39, 0.29) is 67.9 Å². The summed E-state index contributed by atoms with van der Waals surface area (Å²) in [6, 6.07) is 29.9. The maximum absolute atomic E-state index is 11.3. The van der Waals surface area contributed by atoms with E-state index in [1.807, 2.05) is 24.3 Å². The molecule has 0 radical (unpaired) electrons. The molecule has 9 nitrogen and oxygen atoms in total. The maximum atomic E-state index is 11.3. The third-order valence-corrected chi connectivity index (χ3v) is 6.24. The molecule has 6 aromatic rings. The SMILES string of the molecule is O=C(O)c1cc2ccccc2cc1O.O=C(O)c1cc2ccccc2cc1[O-].O=C([O-])c1cc2ccccc2cc1[O-].[Sr+2]. The first-order valence-electron chi connectivity index (χ1n) is 12.3. The first-order valence-corrected chi connectivity index (χ1v) is 12.3. The molecule has 43 heavy (non-hydrogen) atoms. The minimum Gasteiger partial charge on any atom is -0.872 e. The Morgan fingerprint density at radius 2 is 0.791 bits per heavy atom. The van der Waals surface area contributed by atoms with Crippen LogP contribution in [0.25, 0.3) is 32.3 Å². The molecule has 0 unspecified atom stereocenters. The van der Waals surface area contributed by atoms with Crippen LogP contribution in [-0.4, -0.2) is 78.7 Å². The molecule has 0 heterocycles. The number of carbonyl (C=O) groups excluding carboxylic acids is 1. The smallest absolute Gasteiger partial charge is 0.872 e. The van der Waals surface area contributed by atoms with E-state index < -0.39 is 29.4 Å². The van der Waals surface area contributed by atoms with Gasteiger partial charge in [-0.25, -0.2) is 9.59 Å². The van der Waals surface area contributed by atoms with Crippen molar-refractivity contribution in [1.82, 2.24) is 0 Å². The third kappa shape index (κ3) is 8.03. The zero-order valence-electron chi connectivity index (χ0n) is 22.4. The van der Waals surface area contributed by atoms with E-state index in [4.69, 9.17) is 10.2 Å². The van der Waals surface area contributed by atoms with E-state index in [1.165, 1.54) is 36.4 Å². The summed E-state index contributed by atoms with van der Waals surface area (Å²) in [6.07, 6.45) is 0. The molecule has 0 aliphatic carbocycles. The van der Waals surface area contributed by atoms with Crippen molar-refractivity contribution >= 4 is 95.7 Å². The van der Waals surface area contributed by atoms with E-state index in [0.29, 0.717) is 0 Å².